The van der Waals surface area contributed by atoms with Gasteiger partial charge in [-0.3, -0.25) is 0 Å². The number of ketones is 1. The molecule has 0 aromatic rings. The predicted molar refractivity (Wildman–Crippen MR) is 50.8 cm³/mol. The van der Waals surface area contributed by atoms with E-state index in [-0.39, 0.29) is 11.2 Å². The Labute approximate surface area is 74.2 Å². The lowest BCUT2D eigenvalue weighted by Gasteiger charge is -2.28. The average Bonchev–Trinajstić information content (AvgIpc) is 2.32. The number of carbonyl (C=O) groups is 1. The zero-order valence-corrected chi connectivity index (χ0v) is 8.00. The van der Waals surface area contributed by atoms with Gasteiger partial charge in [0, 0.05) is 12.3 Å². The lowest BCUT2D eigenvalue weighted by atomic mass is 9.76. The number of carbonyl (C=O) groups excluding carboxylic acids is 1. The molecule has 0 aromatic heterocycles. The lowest BCUT2D eigenvalue weighted by molar-refractivity contribution is -0.119. The number of allylic oxidation sites excluding steroid dienone is 4. The molecule has 0 N–H and O–H groups in total. The van der Waals surface area contributed by atoms with Gasteiger partial charge in [0.2, 0.25) is 0 Å². The van der Waals surface area contributed by atoms with Gasteiger partial charge in [0.1, 0.15) is 5.78 Å². The molecule has 1 rings (SSSR count). The predicted octanol–water partition coefficient (Wildman–Crippen LogP) is 2.73. The van der Waals surface area contributed by atoms with Crippen LogP contribution >= 0.6 is 0 Å². The fraction of sp³-hybridized carbons (Fsp3) is 0.545. The maximum absolute atomic E-state index is 11.0. The van der Waals surface area contributed by atoms with E-state index in [1.807, 2.05) is 12.2 Å². The molecular weight excluding hydrogens is 148 g/mol. The molecule has 12 heavy (non-hydrogen) atoms. The Kier molecular flexibility index (Phi) is 2.51. The third kappa shape index (κ3) is 2.07. The molecule has 0 aromatic carbocycles. The van der Waals surface area contributed by atoms with Gasteiger partial charge in [-0.2, -0.15) is 0 Å². The number of hydrogen-bond donors (Lipinski definition) is 0. The highest BCUT2D eigenvalue weighted by Crippen LogP contribution is 2.34. The van der Waals surface area contributed by atoms with Crippen molar-refractivity contribution in [3.63, 3.8) is 0 Å². The molecular formula is C11H16O. The minimum Gasteiger partial charge on any atom is -0.300 e. The number of Topliss-reactive ketones (excluding diaryl/α,β-unsaturated/α-hetero) is 1. The van der Waals surface area contributed by atoms with Crippen molar-refractivity contribution in [1.82, 2.24) is 0 Å². The Hall–Kier alpha value is -0.850. The van der Waals surface area contributed by atoms with Gasteiger partial charge in [0.15, 0.2) is 0 Å². The third-order valence-corrected chi connectivity index (χ3v) is 2.35. The summed E-state index contributed by atoms with van der Waals surface area (Å²) >= 11 is 0. The third-order valence-electron chi connectivity index (χ3n) is 2.35. The second-order valence-electron chi connectivity index (χ2n) is 4.16. The molecule has 0 spiro atoms. The van der Waals surface area contributed by atoms with Crippen molar-refractivity contribution < 1.29 is 4.79 Å². The lowest BCUT2D eigenvalue weighted by Crippen LogP contribution is -2.22. The highest BCUT2D eigenvalue weighted by Gasteiger charge is 2.27. The van der Waals surface area contributed by atoms with Gasteiger partial charge in [-0.05, 0) is 12.3 Å². The van der Waals surface area contributed by atoms with Crippen molar-refractivity contribution in [2.75, 3.05) is 0 Å². The Morgan fingerprint density at radius 3 is 2.25 bits per heavy atom. The Balaban J connectivity index is 2.64. The summed E-state index contributed by atoms with van der Waals surface area (Å²) in [7, 11) is 0. The largest absolute Gasteiger partial charge is 0.300 e. The minimum absolute atomic E-state index is 0.0787. The van der Waals surface area contributed by atoms with E-state index in [0.717, 1.165) is 0 Å². The highest BCUT2D eigenvalue weighted by atomic mass is 16.1. The quantitative estimate of drug-likeness (QED) is 0.626. The van der Waals surface area contributed by atoms with E-state index in [4.69, 9.17) is 0 Å². The van der Waals surface area contributed by atoms with Crippen LogP contribution in [0.25, 0.3) is 0 Å². The summed E-state index contributed by atoms with van der Waals surface area (Å²) in [6, 6.07) is 0. The average molecular weight is 164 g/mol. The summed E-state index contributed by atoms with van der Waals surface area (Å²) in [5.74, 6) is 0.704. The summed E-state index contributed by atoms with van der Waals surface area (Å²) in [4.78, 5) is 11.0. The highest BCUT2D eigenvalue weighted by molar-refractivity contribution is 5.76. The first-order valence-electron chi connectivity index (χ1n) is 4.37. The van der Waals surface area contributed by atoms with Crippen LogP contribution in [0.15, 0.2) is 24.3 Å². The van der Waals surface area contributed by atoms with Gasteiger partial charge in [0.05, 0.1) is 0 Å². The van der Waals surface area contributed by atoms with E-state index in [1.54, 1.807) is 6.92 Å². The molecule has 0 heterocycles. The topological polar surface area (TPSA) is 17.1 Å². The van der Waals surface area contributed by atoms with Crippen LogP contribution in [0.2, 0.25) is 0 Å². The van der Waals surface area contributed by atoms with Gasteiger partial charge < -0.3 is 4.79 Å². The van der Waals surface area contributed by atoms with E-state index >= 15 is 0 Å². The number of hydrogen-bond acceptors (Lipinski definition) is 1. The van der Waals surface area contributed by atoms with E-state index in [2.05, 4.69) is 26.0 Å². The van der Waals surface area contributed by atoms with Gasteiger partial charge in [0.25, 0.3) is 0 Å². The van der Waals surface area contributed by atoms with E-state index in [1.165, 1.54) is 0 Å². The Morgan fingerprint density at radius 1 is 1.33 bits per heavy atom. The molecule has 1 aliphatic rings. The molecule has 1 aliphatic carbocycles. The maximum Gasteiger partial charge on any atom is 0.130 e. The van der Waals surface area contributed by atoms with Crippen LogP contribution in [0.3, 0.4) is 0 Å². The summed E-state index contributed by atoms with van der Waals surface area (Å²) in [5, 5.41) is 0. The molecule has 0 saturated heterocycles. The van der Waals surface area contributed by atoms with Crippen LogP contribution in [-0.2, 0) is 4.79 Å². The molecule has 0 aliphatic heterocycles. The van der Waals surface area contributed by atoms with Crippen LogP contribution in [-0.4, -0.2) is 5.78 Å². The van der Waals surface area contributed by atoms with E-state index in [9.17, 15) is 4.79 Å². The zero-order chi connectivity index (χ0) is 9.19. The van der Waals surface area contributed by atoms with Crippen molar-refractivity contribution in [2.24, 2.45) is 11.3 Å². The molecule has 0 unspecified atom stereocenters. The van der Waals surface area contributed by atoms with Crippen molar-refractivity contribution in [3.8, 4) is 0 Å². The first kappa shape index (κ1) is 9.24. The fourth-order valence-electron chi connectivity index (χ4n) is 1.71. The van der Waals surface area contributed by atoms with Crippen LogP contribution < -0.4 is 0 Å². The smallest absolute Gasteiger partial charge is 0.130 e. The fourth-order valence-corrected chi connectivity index (χ4v) is 1.71. The summed E-state index contributed by atoms with van der Waals surface area (Å²) < 4.78 is 0. The van der Waals surface area contributed by atoms with Crippen molar-refractivity contribution in [3.05, 3.63) is 24.3 Å². The maximum atomic E-state index is 11.0. The van der Waals surface area contributed by atoms with Crippen molar-refractivity contribution in [1.29, 1.82) is 0 Å². The van der Waals surface area contributed by atoms with Gasteiger partial charge in [-0.25, -0.2) is 0 Å². The molecule has 0 bridgehead atoms. The second kappa shape index (κ2) is 3.26. The Bertz CT molecular complexity index is 221. The number of rotatable bonds is 3. The van der Waals surface area contributed by atoms with Crippen LogP contribution in [0, 0.1) is 11.3 Å². The van der Waals surface area contributed by atoms with Crippen LogP contribution in [0.5, 0.6) is 0 Å². The first-order valence-corrected chi connectivity index (χ1v) is 4.37. The molecule has 0 atom stereocenters. The molecule has 1 nitrogen and oxygen atoms in total. The molecule has 1 heteroatoms. The van der Waals surface area contributed by atoms with Crippen molar-refractivity contribution in [2.45, 2.75) is 27.2 Å². The molecule has 0 saturated carbocycles. The SMILES string of the molecule is CC(=O)CC(C)(C)C1C=CC=C1. The molecule has 0 amide bonds. The second-order valence-corrected chi connectivity index (χ2v) is 4.16. The minimum atomic E-state index is 0.0787. The summed E-state index contributed by atoms with van der Waals surface area (Å²) in [6.07, 6.45) is 9.07. The standard InChI is InChI=1S/C11H16O/c1-9(12)8-11(2,3)10-6-4-5-7-10/h4-7,10H,8H2,1-3H3. The van der Waals surface area contributed by atoms with Crippen LogP contribution in [0.1, 0.15) is 27.2 Å². The monoisotopic (exact) mass is 164 g/mol. The van der Waals surface area contributed by atoms with E-state index in [0.29, 0.717) is 12.3 Å². The summed E-state index contributed by atoms with van der Waals surface area (Å²) in [6.45, 7) is 5.93. The van der Waals surface area contributed by atoms with Crippen molar-refractivity contribution >= 4 is 5.78 Å². The van der Waals surface area contributed by atoms with Crippen LogP contribution in [0.4, 0.5) is 0 Å². The van der Waals surface area contributed by atoms with Gasteiger partial charge >= 0.3 is 0 Å². The van der Waals surface area contributed by atoms with E-state index < -0.39 is 0 Å². The molecule has 66 valence electrons. The Morgan fingerprint density at radius 2 is 1.83 bits per heavy atom. The normalized spacial score (nSPS) is 17.2. The summed E-state index contributed by atoms with van der Waals surface area (Å²) in [5.41, 5.74) is 0.0787. The zero-order valence-electron chi connectivity index (χ0n) is 8.00. The van der Waals surface area contributed by atoms with Gasteiger partial charge in [-0.15, -0.1) is 0 Å². The first-order chi connectivity index (χ1) is 5.52. The van der Waals surface area contributed by atoms with Gasteiger partial charge in [-0.1, -0.05) is 38.2 Å². The molecule has 0 radical (unpaired) electrons. The molecule has 0 fully saturated rings.